The molecule has 0 spiro atoms. The van der Waals surface area contributed by atoms with E-state index in [9.17, 15) is 14.4 Å². The Morgan fingerprint density at radius 3 is 2.65 bits per heavy atom. The number of carbonyl (C=O) groups is 3. The van der Waals surface area contributed by atoms with E-state index in [1.54, 1.807) is 35.7 Å². The van der Waals surface area contributed by atoms with E-state index >= 15 is 0 Å². The summed E-state index contributed by atoms with van der Waals surface area (Å²) in [5.74, 6) is -0.187. The van der Waals surface area contributed by atoms with E-state index in [4.69, 9.17) is 15.9 Å². The molecule has 1 aliphatic heterocycles. The third kappa shape index (κ3) is 6.80. The van der Waals surface area contributed by atoms with Gasteiger partial charge in [0.1, 0.15) is 17.6 Å². The highest BCUT2D eigenvalue weighted by Crippen LogP contribution is 2.19. The molecule has 34 heavy (non-hydrogen) atoms. The number of amides is 3. The molecule has 0 unspecified atom stereocenters. The predicted octanol–water partition coefficient (Wildman–Crippen LogP) is 2.25. The number of nitrogens with one attached hydrogen (secondary N) is 3. The number of thiophene rings is 1. The molecule has 182 valence electrons. The van der Waals surface area contributed by atoms with Crippen molar-refractivity contribution < 1.29 is 19.1 Å². The van der Waals surface area contributed by atoms with Crippen LogP contribution in [0.2, 0.25) is 0 Å². The van der Waals surface area contributed by atoms with Gasteiger partial charge in [-0.05, 0) is 49.6 Å². The van der Waals surface area contributed by atoms with E-state index in [-0.39, 0.29) is 30.1 Å². The maximum absolute atomic E-state index is 12.7. The number of nitrogen functional groups attached to an aromatic ring is 1. The van der Waals surface area contributed by atoms with Crippen LogP contribution in [0, 0.1) is 5.41 Å². The highest BCUT2D eigenvalue weighted by atomic mass is 32.1. The summed E-state index contributed by atoms with van der Waals surface area (Å²) in [7, 11) is 0. The number of carbonyl (C=O) groups excluding carboxylic acids is 3. The maximum Gasteiger partial charge on any atom is 0.251 e. The summed E-state index contributed by atoms with van der Waals surface area (Å²) in [5.41, 5.74) is 6.54. The Hall–Kier alpha value is -3.40. The minimum absolute atomic E-state index is 0.0142. The molecular formula is C24H31N5O4S. The van der Waals surface area contributed by atoms with E-state index in [2.05, 4.69) is 17.6 Å². The quantitative estimate of drug-likeness (QED) is 0.220. The Bertz CT molecular complexity index is 1020. The number of ether oxygens (including phenoxy) is 1. The number of rotatable bonds is 11. The average molecular weight is 486 g/mol. The zero-order valence-electron chi connectivity index (χ0n) is 19.3. The second kappa shape index (κ2) is 12.2. The second-order valence-electron chi connectivity index (χ2n) is 8.09. The summed E-state index contributed by atoms with van der Waals surface area (Å²) in [6, 6.07) is 8.01. The van der Waals surface area contributed by atoms with E-state index < -0.39 is 6.04 Å². The van der Waals surface area contributed by atoms with Crippen molar-refractivity contribution >= 4 is 34.9 Å². The first-order valence-corrected chi connectivity index (χ1v) is 12.3. The summed E-state index contributed by atoms with van der Waals surface area (Å²) in [6.45, 7) is 3.33. The van der Waals surface area contributed by atoms with Gasteiger partial charge < -0.3 is 26.0 Å². The van der Waals surface area contributed by atoms with Crippen LogP contribution in [-0.2, 0) is 16.1 Å². The van der Waals surface area contributed by atoms with Gasteiger partial charge in [-0.3, -0.25) is 19.8 Å². The molecule has 2 heterocycles. The minimum Gasteiger partial charge on any atom is -0.494 e. The lowest BCUT2D eigenvalue weighted by Crippen LogP contribution is -2.48. The van der Waals surface area contributed by atoms with Crippen LogP contribution in [0.25, 0.3) is 0 Å². The monoisotopic (exact) mass is 485 g/mol. The highest BCUT2D eigenvalue weighted by molar-refractivity contribution is 7.10. The fraction of sp³-hybridized carbons (Fsp3) is 0.417. The van der Waals surface area contributed by atoms with Crippen molar-refractivity contribution in [2.24, 2.45) is 5.73 Å². The van der Waals surface area contributed by atoms with Crippen LogP contribution in [0.3, 0.4) is 0 Å². The van der Waals surface area contributed by atoms with Crippen molar-refractivity contribution in [1.82, 2.24) is 15.5 Å². The smallest absolute Gasteiger partial charge is 0.251 e. The number of unbranched alkanes of at least 4 members (excludes halogenated alkanes) is 1. The molecule has 3 amide bonds. The molecular weight excluding hydrogens is 454 g/mol. The van der Waals surface area contributed by atoms with E-state index in [1.807, 2.05) is 0 Å². The van der Waals surface area contributed by atoms with Crippen molar-refractivity contribution in [3.8, 4) is 5.75 Å². The van der Waals surface area contributed by atoms with Gasteiger partial charge in [-0.25, -0.2) is 0 Å². The van der Waals surface area contributed by atoms with Crippen molar-refractivity contribution in [2.75, 3.05) is 19.7 Å². The fourth-order valence-electron chi connectivity index (χ4n) is 3.64. The lowest BCUT2D eigenvalue weighted by atomic mass is 10.2. The molecule has 2 aromatic rings. The minimum atomic E-state index is -0.559. The molecule has 0 saturated carbocycles. The van der Waals surface area contributed by atoms with Gasteiger partial charge in [0.25, 0.3) is 5.91 Å². The number of amidine groups is 1. The van der Waals surface area contributed by atoms with Crippen molar-refractivity contribution in [2.45, 2.75) is 45.2 Å². The number of likely N-dealkylation sites (tertiary alicyclic amines) is 1. The molecule has 9 nitrogen and oxygen atoms in total. The van der Waals surface area contributed by atoms with Crippen molar-refractivity contribution in [3.63, 3.8) is 0 Å². The summed E-state index contributed by atoms with van der Waals surface area (Å²) in [6.07, 6.45) is 3.32. The zero-order chi connectivity index (χ0) is 24.5. The van der Waals surface area contributed by atoms with Crippen LogP contribution in [0.1, 0.15) is 53.4 Å². The van der Waals surface area contributed by atoms with Gasteiger partial charge in [0.15, 0.2) is 0 Å². The molecule has 0 radical (unpaired) electrons. The zero-order valence-corrected chi connectivity index (χ0v) is 20.1. The SMILES string of the molecule is CCCCOc1ccc(C(=O)NCC(=O)N2CCC[C@H]2C(=O)NCc2cc(C(=N)N)cs2)cc1. The normalized spacial score (nSPS) is 15.1. The Kier molecular flexibility index (Phi) is 9.03. The molecule has 5 N–H and O–H groups in total. The molecule has 10 heteroatoms. The van der Waals surface area contributed by atoms with Crippen LogP contribution in [0.4, 0.5) is 0 Å². The number of nitrogens with two attached hydrogens (primary N) is 1. The van der Waals surface area contributed by atoms with Crippen LogP contribution in [0.15, 0.2) is 35.7 Å². The first-order chi connectivity index (χ1) is 16.4. The molecule has 1 aromatic carbocycles. The van der Waals surface area contributed by atoms with Gasteiger partial charge in [0.05, 0.1) is 19.7 Å². The van der Waals surface area contributed by atoms with Gasteiger partial charge in [-0.2, -0.15) is 0 Å². The van der Waals surface area contributed by atoms with Crippen LogP contribution >= 0.6 is 11.3 Å². The van der Waals surface area contributed by atoms with Gasteiger partial charge in [0.2, 0.25) is 11.8 Å². The largest absolute Gasteiger partial charge is 0.494 e. The Balaban J connectivity index is 1.47. The fourth-order valence-corrected chi connectivity index (χ4v) is 4.46. The number of nitrogens with zero attached hydrogens (tertiary/aromatic N) is 1. The van der Waals surface area contributed by atoms with E-state index in [0.29, 0.717) is 43.0 Å². The van der Waals surface area contributed by atoms with Gasteiger partial charge in [-0.15, -0.1) is 11.3 Å². The predicted molar refractivity (Wildman–Crippen MR) is 131 cm³/mol. The highest BCUT2D eigenvalue weighted by Gasteiger charge is 2.33. The Morgan fingerprint density at radius 1 is 1.21 bits per heavy atom. The van der Waals surface area contributed by atoms with Crippen molar-refractivity contribution in [3.05, 3.63) is 51.7 Å². The van der Waals surface area contributed by atoms with Gasteiger partial charge in [0, 0.05) is 27.9 Å². The lowest BCUT2D eigenvalue weighted by molar-refractivity contribution is -0.137. The number of hydrogen-bond donors (Lipinski definition) is 4. The maximum atomic E-state index is 12.7. The summed E-state index contributed by atoms with van der Waals surface area (Å²) in [5, 5.41) is 14.7. The van der Waals surface area contributed by atoms with Crippen LogP contribution in [-0.4, -0.2) is 54.2 Å². The van der Waals surface area contributed by atoms with E-state index in [1.165, 1.54) is 16.2 Å². The lowest BCUT2D eigenvalue weighted by Gasteiger charge is -2.24. The molecule has 1 atom stereocenters. The molecule has 0 aliphatic carbocycles. The molecule has 1 aromatic heterocycles. The molecule has 1 saturated heterocycles. The summed E-state index contributed by atoms with van der Waals surface area (Å²) in [4.78, 5) is 40.3. The standard InChI is InChI=1S/C24H31N5O4S/c1-2-3-11-33-18-8-6-16(7-9-18)23(31)28-14-21(30)29-10-4-5-20(29)24(32)27-13-19-12-17(15-34-19)22(25)26/h6-9,12,15,20H,2-5,10-11,13-14H2,1H3,(H3,25,26)(H,27,32)(H,28,31)/t20-/m0/s1. The number of hydrogen-bond acceptors (Lipinski definition) is 6. The van der Waals surface area contributed by atoms with Crippen LogP contribution in [0.5, 0.6) is 5.75 Å². The topological polar surface area (TPSA) is 138 Å². The second-order valence-corrected chi connectivity index (χ2v) is 9.08. The number of benzene rings is 1. The first kappa shape index (κ1) is 25.2. The average Bonchev–Trinajstić information content (AvgIpc) is 3.51. The first-order valence-electron chi connectivity index (χ1n) is 11.4. The molecule has 3 rings (SSSR count). The van der Waals surface area contributed by atoms with Gasteiger partial charge in [-0.1, -0.05) is 13.3 Å². The third-order valence-corrected chi connectivity index (χ3v) is 6.50. The third-order valence-electron chi connectivity index (χ3n) is 5.56. The Labute approximate surface area is 203 Å². The van der Waals surface area contributed by atoms with Crippen LogP contribution < -0.4 is 21.1 Å². The summed E-state index contributed by atoms with van der Waals surface area (Å²) >= 11 is 1.41. The van der Waals surface area contributed by atoms with E-state index in [0.717, 1.165) is 24.1 Å². The Morgan fingerprint density at radius 2 is 1.97 bits per heavy atom. The molecule has 1 fully saturated rings. The molecule has 0 bridgehead atoms. The van der Waals surface area contributed by atoms with Gasteiger partial charge >= 0.3 is 0 Å². The van der Waals surface area contributed by atoms with Crippen molar-refractivity contribution in [1.29, 1.82) is 5.41 Å². The molecule has 1 aliphatic rings. The summed E-state index contributed by atoms with van der Waals surface area (Å²) < 4.78 is 5.60.